The molecule has 1 N–H and O–H groups in total. The largest absolute Gasteiger partial charge is 0.468 e. The van der Waals surface area contributed by atoms with Gasteiger partial charge in [0.05, 0.1) is 11.3 Å². The van der Waals surface area contributed by atoms with Crippen molar-refractivity contribution in [2.24, 2.45) is 0 Å². The van der Waals surface area contributed by atoms with E-state index in [0.29, 0.717) is 11.3 Å². The molecule has 2 rings (SSSR count). The summed E-state index contributed by atoms with van der Waals surface area (Å²) >= 11 is 0. The van der Waals surface area contributed by atoms with Crippen LogP contribution in [0.25, 0.3) is 0 Å². The van der Waals surface area contributed by atoms with Gasteiger partial charge in [-0.2, -0.15) is 13.2 Å². The highest BCUT2D eigenvalue weighted by Crippen LogP contribution is 2.19. The summed E-state index contributed by atoms with van der Waals surface area (Å²) in [5, 5.41) is 2.56. The fraction of sp³-hybridized carbons (Fsp3) is 0.188. The van der Waals surface area contributed by atoms with Crippen LogP contribution in [0.5, 0.6) is 5.88 Å². The van der Waals surface area contributed by atoms with Gasteiger partial charge in [0, 0.05) is 17.8 Å². The second-order valence-corrected chi connectivity index (χ2v) is 4.84. The average Bonchev–Trinajstić information content (AvgIpc) is 2.53. The summed E-state index contributed by atoms with van der Waals surface area (Å²) in [4.78, 5) is 27.3. The third-order valence-electron chi connectivity index (χ3n) is 2.94. The minimum atomic E-state index is -4.46. The highest BCUT2D eigenvalue weighted by molar-refractivity contribution is 6.08. The van der Waals surface area contributed by atoms with Crippen LogP contribution in [-0.2, 0) is 0 Å². The van der Waals surface area contributed by atoms with Gasteiger partial charge in [-0.25, -0.2) is 4.98 Å². The minimum absolute atomic E-state index is 0.118. The maximum Gasteiger partial charge on any atom is 0.422 e. The first-order chi connectivity index (χ1) is 11.3. The van der Waals surface area contributed by atoms with Crippen molar-refractivity contribution in [2.75, 3.05) is 11.9 Å². The molecular weight excluding hydrogens is 325 g/mol. The molecule has 0 radical (unpaired) electrons. The molecule has 1 aromatic heterocycles. The Kier molecular flexibility index (Phi) is 5.18. The number of carbonyl (C=O) groups excluding carboxylic acids is 2. The van der Waals surface area contributed by atoms with Gasteiger partial charge in [-0.15, -0.1) is 0 Å². The van der Waals surface area contributed by atoms with E-state index in [9.17, 15) is 22.8 Å². The van der Waals surface area contributed by atoms with Crippen molar-refractivity contribution >= 4 is 17.4 Å². The van der Waals surface area contributed by atoms with E-state index in [1.165, 1.54) is 13.0 Å². The number of amides is 1. The van der Waals surface area contributed by atoms with Crippen LogP contribution in [0.3, 0.4) is 0 Å². The number of ketones is 1. The van der Waals surface area contributed by atoms with Gasteiger partial charge in [-0.3, -0.25) is 9.59 Å². The first-order valence-corrected chi connectivity index (χ1v) is 6.83. The number of nitrogens with one attached hydrogen (secondary N) is 1. The van der Waals surface area contributed by atoms with E-state index in [-0.39, 0.29) is 17.2 Å². The van der Waals surface area contributed by atoms with E-state index < -0.39 is 18.7 Å². The van der Waals surface area contributed by atoms with Crippen LogP contribution >= 0.6 is 0 Å². The molecule has 0 aliphatic heterocycles. The molecular formula is C16H13F3N2O3. The molecule has 126 valence electrons. The molecule has 0 bridgehead atoms. The summed E-state index contributed by atoms with van der Waals surface area (Å²) in [6.45, 7) is -0.0865. The van der Waals surface area contributed by atoms with Gasteiger partial charge in [0.2, 0.25) is 5.88 Å². The Morgan fingerprint density at radius 2 is 1.88 bits per heavy atom. The molecule has 2 aromatic rings. The fourth-order valence-corrected chi connectivity index (χ4v) is 1.85. The number of Topliss-reactive ketones (excluding diaryl/α,β-unsaturated/α-hetero) is 1. The van der Waals surface area contributed by atoms with Crippen LogP contribution in [0, 0.1) is 0 Å². The lowest BCUT2D eigenvalue weighted by Crippen LogP contribution is -2.20. The van der Waals surface area contributed by atoms with E-state index >= 15 is 0 Å². The summed E-state index contributed by atoms with van der Waals surface area (Å²) in [6, 6.07) is 8.92. The Morgan fingerprint density at radius 3 is 2.46 bits per heavy atom. The van der Waals surface area contributed by atoms with Crippen LogP contribution in [-0.4, -0.2) is 29.5 Å². The minimum Gasteiger partial charge on any atom is -0.468 e. The van der Waals surface area contributed by atoms with Crippen LogP contribution in [0.1, 0.15) is 27.6 Å². The number of hydrogen-bond acceptors (Lipinski definition) is 4. The van der Waals surface area contributed by atoms with Crippen LogP contribution < -0.4 is 10.1 Å². The lowest BCUT2D eigenvalue weighted by Gasteiger charge is -2.10. The van der Waals surface area contributed by atoms with Crippen LogP contribution in [0.15, 0.2) is 42.6 Å². The first kappa shape index (κ1) is 17.5. The number of para-hydroxylation sites is 1. The molecule has 1 heterocycles. The number of carbonyl (C=O) groups is 2. The smallest absolute Gasteiger partial charge is 0.422 e. The summed E-state index contributed by atoms with van der Waals surface area (Å²) in [5.74, 6) is -0.994. The molecule has 0 aliphatic rings. The summed E-state index contributed by atoms with van der Waals surface area (Å²) in [7, 11) is 0. The Balaban J connectivity index is 2.07. The van der Waals surface area contributed by atoms with E-state index in [1.807, 2.05) is 0 Å². The topological polar surface area (TPSA) is 68.3 Å². The van der Waals surface area contributed by atoms with Gasteiger partial charge in [0.1, 0.15) is 0 Å². The number of aromatic nitrogens is 1. The van der Waals surface area contributed by atoms with E-state index in [4.69, 9.17) is 0 Å². The standard InChI is InChI=1S/C16H13F3N2O3/c1-10(22)12-4-2-3-5-13(12)21-15(23)11-6-7-14(20-8-11)24-9-16(17,18)19/h2-8H,9H2,1H3,(H,21,23). The average molecular weight is 338 g/mol. The Hall–Kier alpha value is -2.90. The predicted molar refractivity (Wildman–Crippen MR) is 80.2 cm³/mol. The highest BCUT2D eigenvalue weighted by Gasteiger charge is 2.28. The predicted octanol–water partition coefficient (Wildman–Crippen LogP) is 3.48. The lowest BCUT2D eigenvalue weighted by atomic mass is 10.1. The number of benzene rings is 1. The second kappa shape index (κ2) is 7.12. The van der Waals surface area contributed by atoms with Gasteiger partial charge in [0.25, 0.3) is 5.91 Å². The van der Waals surface area contributed by atoms with Crippen molar-refractivity contribution in [1.82, 2.24) is 4.98 Å². The summed E-state index contributed by atoms with van der Waals surface area (Å²) in [5.41, 5.74) is 0.809. The molecule has 0 fully saturated rings. The van der Waals surface area contributed by atoms with Crippen molar-refractivity contribution in [1.29, 1.82) is 0 Å². The molecule has 0 atom stereocenters. The normalized spacial score (nSPS) is 11.0. The van der Waals surface area contributed by atoms with Crippen LogP contribution in [0.4, 0.5) is 18.9 Å². The zero-order chi connectivity index (χ0) is 17.7. The molecule has 1 amide bonds. The van der Waals surface area contributed by atoms with E-state index in [2.05, 4.69) is 15.0 Å². The number of pyridine rings is 1. The number of hydrogen-bond donors (Lipinski definition) is 1. The monoisotopic (exact) mass is 338 g/mol. The number of nitrogens with zero attached hydrogens (tertiary/aromatic N) is 1. The third-order valence-corrected chi connectivity index (χ3v) is 2.94. The highest BCUT2D eigenvalue weighted by atomic mass is 19.4. The number of alkyl halides is 3. The fourth-order valence-electron chi connectivity index (χ4n) is 1.85. The number of ether oxygens (including phenoxy) is 1. The van der Waals surface area contributed by atoms with Gasteiger partial charge >= 0.3 is 6.18 Å². The molecule has 0 saturated carbocycles. The quantitative estimate of drug-likeness (QED) is 0.848. The molecule has 0 spiro atoms. The lowest BCUT2D eigenvalue weighted by molar-refractivity contribution is -0.154. The maximum atomic E-state index is 12.1. The van der Waals surface area contributed by atoms with Crippen molar-refractivity contribution in [3.05, 3.63) is 53.7 Å². The Morgan fingerprint density at radius 1 is 1.17 bits per heavy atom. The summed E-state index contributed by atoms with van der Waals surface area (Å²) in [6.07, 6.45) is -3.37. The van der Waals surface area contributed by atoms with Gasteiger partial charge < -0.3 is 10.1 Å². The molecule has 0 saturated heterocycles. The van der Waals surface area contributed by atoms with Crippen LogP contribution in [0.2, 0.25) is 0 Å². The number of rotatable bonds is 5. The second-order valence-electron chi connectivity index (χ2n) is 4.84. The van der Waals surface area contributed by atoms with Crippen molar-refractivity contribution < 1.29 is 27.5 Å². The van der Waals surface area contributed by atoms with Gasteiger partial charge in [-0.1, -0.05) is 12.1 Å². The van der Waals surface area contributed by atoms with E-state index in [1.54, 1.807) is 24.3 Å². The van der Waals surface area contributed by atoms with Crippen molar-refractivity contribution in [3.63, 3.8) is 0 Å². The zero-order valence-corrected chi connectivity index (χ0v) is 12.6. The molecule has 5 nitrogen and oxygen atoms in total. The van der Waals surface area contributed by atoms with Crippen molar-refractivity contribution in [2.45, 2.75) is 13.1 Å². The Bertz CT molecular complexity index is 743. The van der Waals surface area contributed by atoms with Gasteiger partial charge in [0.15, 0.2) is 12.4 Å². The maximum absolute atomic E-state index is 12.1. The third kappa shape index (κ3) is 4.80. The first-order valence-electron chi connectivity index (χ1n) is 6.83. The number of anilines is 1. The molecule has 0 aliphatic carbocycles. The molecule has 24 heavy (non-hydrogen) atoms. The van der Waals surface area contributed by atoms with Crippen molar-refractivity contribution in [3.8, 4) is 5.88 Å². The Labute approximate surface area is 135 Å². The molecule has 0 unspecified atom stereocenters. The van der Waals surface area contributed by atoms with E-state index in [0.717, 1.165) is 12.3 Å². The summed E-state index contributed by atoms with van der Waals surface area (Å²) < 4.78 is 40.6. The number of halogens is 3. The molecule has 8 heteroatoms. The zero-order valence-electron chi connectivity index (χ0n) is 12.6. The molecule has 1 aromatic carbocycles. The van der Waals surface area contributed by atoms with Gasteiger partial charge in [-0.05, 0) is 25.1 Å². The SMILES string of the molecule is CC(=O)c1ccccc1NC(=O)c1ccc(OCC(F)(F)F)nc1.